The fourth-order valence-corrected chi connectivity index (χ4v) is 3.36. The van der Waals surface area contributed by atoms with Gasteiger partial charge in [-0.15, -0.1) is 0 Å². The molecular formula is C21H22N2O6. The van der Waals surface area contributed by atoms with Crippen LogP contribution in [0, 0.1) is 0 Å². The van der Waals surface area contributed by atoms with Crippen molar-refractivity contribution in [1.82, 2.24) is 10.6 Å². The van der Waals surface area contributed by atoms with Crippen molar-refractivity contribution in [3.8, 4) is 11.1 Å². The van der Waals surface area contributed by atoms with Gasteiger partial charge in [-0.05, 0) is 29.2 Å². The van der Waals surface area contributed by atoms with E-state index in [4.69, 9.17) is 14.9 Å². The molecule has 29 heavy (non-hydrogen) atoms. The fourth-order valence-electron chi connectivity index (χ4n) is 3.36. The first kappa shape index (κ1) is 20.3. The lowest BCUT2D eigenvalue weighted by atomic mass is 9.98. The van der Waals surface area contributed by atoms with Gasteiger partial charge in [-0.1, -0.05) is 48.5 Å². The summed E-state index contributed by atoms with van der Waals surface area (Å²) in [6.07, 6.45) is -0.787. The summed E-state index contributed by atoms with van der Waals surface area (Å²) in [5.41, 5.74) is 4.35. The van der Waals surface area contributed by atoms with Crippen LogP contribution in [-0.2, 0) is 14.3 Å². The average Bonchev–Trinajstić information content (AvgIpc) is 3.03. The van der Waals surface area contributed by atoms with Gasteiger partial charge in [-0.25, -0.2) is 9.59 Å². The third kappa shape index (κ3) is 4.38. The van der Waals surface area contributed by atoms with Crippen molar-refractivity contribution in [2.75, 3.05) is 13.2 Å². The van der Waals surface area contributed by atoms with Crippen LogP contribution in [0.3, 0.4) is 0 Å². The molecule has 152 valence electrons. The van der Waals surface area contributed by atoms with Crippen LogP contribution < -0.4 is 10.6 Å². The van der Waals surface area contributed by atoms with Crippen molar-refractivity contribution >= 4 is 18.0 Å². The van der Waals surface area contributed by atoms with Gasteiger partial charge in [-0.2, -0.15) is 0 Å². The highest BCUT2D eigenvalue weighted by Gasteiger charge is 2.29. The molecule has 0 radical (unpaired) electrons. The zero-order valence-corrected chi connectivity index (χ0v) is 15.8. The minimum atomic E-state index is -1.44. The zero-order chi connectivity index (χ0) is 21.0. The van der Waals surface area contributed by atoms with Crippen LogP contribution >= 0.6 is 0 Å². The normalized spacial score (nSPS) is 14.3. The van der Waals surface area contributed by atoms with Gasteiger partial charge >= 0.3 is 12.1 Å². The first-order valence-electron chi connectivity index (χ1n) is 9.18. The zero-order valence-electron chi connectivity index (χ0n) is 15.8. The number of carboxylic acids is 1. The molecule has 1 aliphatic carbocycles. The van der Waals surface area contributed by atoms with Crippen molar-refractivity contribution in [2.24, 2.45) is 0 Å². The monoisotopic (exact) mass is 398 g/mol. The standard InChI is InChI=1S/C21H22N2O6/c1-12(19(25)23-18(10-24)20(26)27)22-21(28)29-11-17-15-8-4-2-6-13(15)14-7-3-5-9-16(14)17/h2-9,12,17-18,24H,10-11H2,1H3,(H,22,28)(H,23,25)(H,26,27)/t12-,18-/m1/s1. The first-order chi connectivity index (χ1) is 13.9. The molecule has 0 heterocycles. The number of nitrogens with one attached hydrogen (secondary N) is 2. The summed E-state index contributed by atoms with van der Waals surface area (Å²) in [5.74, 6) is -2.21. The number of carbonyl (C=O) groups is 3. The van der Waals surface area contributed by atoms with Gasteiger partial charge in [0.05, 0.1) is 6.61 Å². The molecule has 4 N–H and O–H groups in total. The van der Waals surface area contributed by atoms with E-state index in [0.717, 1.165) is 22.3 Å². The molecule has 0 saturated carbocycles. The van der Waals surface area contributed by atoms with E-state index < -0.39 is 36.7 Å². The average molecular weight is 398 g/mol. The second kappa shape index (κ2) is 8.74. The number of alkyl carbamates (subject to hydrolysis) is 1. The van der Waals surface area contributed by atoms with Gasteiger partial charge in [0.1, 0.15) is 18.7 Å². The smallest absolute Gasteiger partial charge is 0.407 e. The Hall–Kier alpha value is -3.39. The van der Waals surface area contributed by atoms with E-state index in [1.54, 1.807) is 0 Å². The van der Waals surface area contributed by atoms with Gasteiger partial charge in [0, 0.05) is 5.92 Å². The summed E-state index contributed by atoms with van der Waals surface area (Å²) in [6.45, 7) is 0.744. The number of hydrogen-bond acceptors (Lipinski definition) is 5. The Morgan fingerprint density at radius 2 is 1.55 bits per heavy atom. The number of aliphatic hydroxyl groups is 1. The predicted octanol–water partition coefficient (Wildman–Crippen LogP) is 1.48. The van der Waals surface area contributed by atoms with Crippen molar-refractivity contribution in [2.45, 2.75) is 24.9 Å². The number of rotatable bonds is 7. The Bertz CT molecular complexity index is 883. The molecule has 8 nitrogen and oxygen atoms in total. The van der Waals surface area contributed by atoms with E-state index in [9.17, 15) is 14.4 Å². The maximum Gasteiger partial charge on any atom is 0.407 e. The Labute approximate surface area is 167 Å². The molecule has 0 saturated heterocycles. The third-order valence-corrected chi connectivity index (χ3v) is 4.87. The van der Waals surface area contributed by atoms with Gasteiger partial charge in [0.25, 0.3) is 0 Å². The summed E-state index contributed by atoms with van der Waals surface area (Å²) in [4.78, 5) is 35.0. The molecule has 2 atom stereocenters. The molecule has 3 rings (SSSR count). The first-order valence-corrected chi connectivity index (χ1v) is 9.18. The summed E-state index contributed by atoms with van der Waals surface area (Å²) >= 11 is 0. The van der Waals surface area contributed by atoms with Crippen molar-refractivity contribution in [3.63, 3.8) is 0 Å². The van der Waals surface area contributed by atoms with Crippen LogP contribution in [0.5, 0.6) is 0 Å². The second-order valence-corrected chi connectivity index (χ2v) is 6.77. The molecule has 0 aliphatic heterocycles. The van der Waals surface area contributed by atoms with Crippen molar-refractivity contribution in [1.29, 1.82) is 0 Å². The van der Waals surface area contributed by atoms with E-state index in [0.29, 0.717) is 0 Å². The van der Waals surface area contributed by atoms with E-state index in [-0.39, 0.29) is 12.5 Å². The molecule has 0 bridgehead atoms. The van der Waals surface area contributed by atoms with Crippen molar-refractivity contribution < 1.29 is 29.3 Å². The summed E-state index contributed by atoms with van der Waals surface area (Å²) < 4.78 is 5.34. The third-order valence-electron chi connectivity index (χ3n) is 4.87. The highest BCUT2D eigenvalue weighted by atomic mass is 16.5. The Morgan fingerprint density at radius 1 is 1.00 bits per heavy atom. The Morgan fingerprint density at radius 3 is 2.07 bits per heavy atom. The number of benzene rings is 2. The van der Waals surface area contributed by atoms with Crippen LogP contribution in [0.2, 0.25) is 0 Å². The maximum absolute atomic E-state index is 12.1. The van der Waals surface area contributed by atoms with Gasteiger partial charge in [-0.3, -0.25) is 4.79 Å². The fraction of sp³-hybridized carbons (Fsp3) is 0.286. The van der Waals surface area contributed by atoms with E-state index in [1.807, 2.05) is 48.5 Å². The molecule has 2 aromatic rings. The van der Waals surface area contributed by atoms with Crippen LogP contribution in [0.4, 0.5) is 4.79 Å². The SMILES string of the molecule is C[C@@H](NC(=O)OCC1c2ccccc2-c2ccccc21)C(=O)N[C@H](CO)C(=O)O. The van der Waals surface area contributed by atoms with Crippen molar-refractivity contribution in [3.05, 3.63) is 59.7 Å². The van der Waals surface area contributed by atoms with E-state index in [2.05, 4.69) is 10.6 Å². The molecule has 0 spiro atoms. The molecule has 8 heteroatoms. The van der Waals surface area contributed by atoms with Crippen LogP contribution in [0.25, 0.3) is 11.1 Å². The minimum Gasteiger partial charge on any atom is -0.480 e. The van der Waals surface area contributed by atoms with Crippen LogP contribution in [0.15, 0.2) is 48.5 Å². The number of aliphatic carboxylic acids is 1. The lowest BCUT2D eigenvalue weighted by molar-refractivity contribution is -0.143. The lowest BCUT2D eigenvalue weighted by Crippen LogP contribution is -2.51. The summed E-state index contributed by atoms with van der Waals surface area (Å²) in [5, 5.41) is 22.3. The molecule has 0 aromatic heterocycles. The molecule has 1 aliphatic rings. The van der Waals surface area contributed by atoms with E-state index >= 15 is 0 Å². The summed E-state index contributed by atoms with van der Waals surface area (Å²) in [7, 11) is 0. The highest BCUT2D eigenvalue weighted by molar-refractivity contribution is 5.89. The van der Waals surface area contributed by atoms with Gasteiger partial charge in [0.15, 0.2) is 0 Å². The highest BCUT2D eigenvalue weighted by Crippen LogP contribution is 2.44. The lowest BCUT2D eigenvalue weighted by Gasteiger charge is -2.18. The quantitative estimate of drug-likeness (QED) is 0.560. The maximum atomic E-state index is 12.1. The largest absolute Gasteiger partial charge is 0.480 e. The number of ether oxygens (including phenoxy) is 1. The van der Waals surface area contributed by atoms with Crippen LogP contribution in [-0.4, -0.2) is 53.5 Å². The number of amides is 2. The summed E-state index contributed by atoms with van der Waals surface area (Å²) in [6, 6.07) is 13.4. The Balaban J connectivity index is 1.60. The Kier molecular flexibility index (Phi) is 6.13. The molecule has 2 amide bonds. The number of carbonyl (C=O) groups excluding carboxylic acids is 2. The molecule has 0 unspecified atom stereocenters. The second-order valence-electron chi connectivity index (χ2n) is 6.77. The number of hydrogen-bond donors (Lipinski definition) is 4. The number of fused-ring (bicyclic) bond motifs is 3. The topological polar surface area (TPSA) is 125 Å². The predicted molar refractivity (Wildman–Crippen MR) is 104 cm³/mol. The van der Waals surface area contributed by atoms with E-state index in [1.165, 1.54) is 6.92 Å². The van der Waals surface area contributed by atoms with Gasteiger partial charge in [0.2, 0.25) is 5.91 Å². The van der Waals surface area contributed by atoms with Gasteiger partial charge < -0.3 is 25.6 Å². The molecular weight excluding hydrogens is 376 g/mol. The number of aliphatic hydroxyl groups excluding tert-OH is 1. The number of carboxylic acid groups (broad SMARTS) is 1. The molecule has 0 fully saturated rings. The molecule has 2 aromatic carbocycles. The van der Waals surface area contributed by atoms with Crippen LogP contribution in [0.1, 0.15) is 24.0 Å². The minimum absolute atomic E-state index is 0.0998.